The number of nitrogens with one attached hydrogen (secondary N) is 1. The summed E-state index contributed by atoms with van der Waals surface area (Å²) in [5, 5.41) is 3.46. The average Bonchev–Trinajstić information content (AvgIpc) is 3.12. The molecule has 1 saturated heterocycles. The maximum Gasteiger partial charge on any atom is 0.264 e. The number of nitrogens with zero attached hydrogens (tertiary/aromatic N) is 1. The molecule has 0 saturated carbocycles. The summed E-state index contributed by atoms with van der Waals surface area (Å²) in [6, 6.07) is 20.5. The van der Waals surface area contributed by atoms with Crippen molar-refractivity contribution in [3.05, 3.63) is 95.0 Å². The molecule has 3 aromatic rings. The first-order chi connectivity index (χ1) is 15.9. The van der Waals surface area contributed by atoms with Crippen LogP contribution in [0.25, 0.3) is 6.08 Å². The second-order valence-corrected chi connectivity index (χ2v) is 10.9. The number of rotatable bonds is 6. The van der Waals surface area contributed by atoms with E-state index in [1.807, 2.05) is 36.4 Å². The molecule has 7 heteroatoms. The molecule has 1 aliphatic rings. The van der Waals surface area contributed by atoms with Gasteiger partial charge in [0.15, 0.2) is 5.17 Å². The van der Waals surface area contributed by atoms with Crippen molar-refractivity contribution in [2.75, 3.05) is 0 Å². The summed E-state index contributed by atoms with van der Waals surface area (Å²) in [5.41, 5.74) is 5.41. The minimum Gasteiger partial charge on any atom is -0.487 e. The van der Waals surface area contributed by atoms with Gasteiger partial charge in [-0.1, -0.05) is 48.9 Å². The summed E-state index contributed by atoms with van der Waals surface area (Å²) in [4.78, 5) is 17.7. The molecule has 0 aliphatic carbocycles. The van der Waals surface area contributed by atoms with Crippen LogP contribution in [0.3, 0.4) is 0 Å². The fraction of sp³-hybridized carbons (Fsp3) is 0.154. The smallest absolute Gasteiger partial charge is 0.264 e. The third-order valence-electron chi connectivity index (χ3n) is 5.01. The van der Waals surface area contributed by atoms with Crippen molar-refractivity contribution in [3.63, 3.8) is 0 Å². The first kappa shape index (κ1) is 24.3. The number of halogens is 2. The molecule has 1 aliphatic heterocycles. The van der Waals surface area contributed by atoms with Crippen LogP contribution in [-0.2, 0) is 17.8 Å². The number of thioether (sulfide) groups is 1. The lowest BCUT2D eigenvalue weighted by Crippen LogP contribution is -2.19. The highest BCUT2D eigenvalue weighted by Gasteiger charge is 2.24. The maximum atomic E-state index is 12.5. The molecule has 0 unspecified atom stereocenters. The molecule has 4 nitrogen and oxygen atoms in total. The van der Waals surface area contributed by atoms with Crippen molar-refractivity contribution in [3.8, 4) is 5.75 Å². The molecule has 4 rings (SSSR count). The number of amides is 1. The number of amidine groups is 1. The van der Waals surface area contributed by atoms with Crippen LogP contribution in [-0.4, -0.2) is 11.1 Å². The molecule has 168 valence electrons. The molecule has 33 heavy (non-hydrogen) atoms. The lowest BCUT2D eigenvalue weighted by Gasteiger charge is -2.12. The topological polar surface area (TPSA) is 50.7 Å². The van der Waals surface area contributed by atoms with Gasteiger partial charge in [0.2, 0.25) is 0 Å². The summed E-state index contributed by atoms with van der Waals surface area (Å²) in [6.45, 7) is 4.72. The van der Waals surface area contributed by atoms with E-state index in [0.717, 1.165) is 36.1 Å². The Morgan fingerprint density at radius 2 is 1.76 bits per heavy atom. The van der Waals surface area contributed by atoms with Gasteiger partial charge in [0.05, 0.1) is 17.7 Å². The molecule has 1 amide bonds. The standard InChI is InChI=1S/C26H22I2N2O2S/c1-3-17-7-9-20(10-8-17)29-26-30-25(31)23(33-26)14-19-12-21(27)24(22(28)13-19)32-15-18-6-4-5-16(2)11-18/h4-14H,3,15H2,1-2H3,(H,29,30,31)/b23-14-. The van der Waals surface area contributed by atoms with Crippen molar-refractivity contribution in [1.29, 1.82) is 0 Å². The highest BCUT2D eigenvalue weighted by Crippen LogP contribution is 2.33. The van der Waals surface area contributed by atoms with Crippen molar-refractivity contribution in [2.24, 2.45) is 4.99 Å². The first-order valence-electron chi connectivity index (χ1n) is 10.5. The Morgan fingerprint density at radius 1 is 1.03 bits per heavy atom. The lowest BCUT2D eigenvalue weighted by atomic mass is 10.1. The monoisotopic (exact) mass is 680 g/mol. The fourth-order valence-corrected chi connectivity index (χ4v) is 6.28. The molecular weight excluding hydrogens is 658 g/mol. The Kier molecular flexibility index (Phi) is 8.13. The number of hydrogen-bond donors (Lipinski definition) is 1. The number of carbonyl (C=O) groups excluding carboxylic acids is 1. The first-order valence-corrected chi connectivity index (χ1v) is 13.4. The minimum absolute atomic E-state index is 0.131. The van der Waals surface area contributed by atoms with Gasteiger partial charge in [-0.05, 0) is 117 Å². The summed E-state index contributed by atoms with van der Waals surface area (Å²) in [7, 11) is 0. The zero-order valence-corrected chi connectivity index (χ0v) is 23.3. The molecule has 0 radical (unpaired) electrons. The Morgan fingerprint density at radius 3 is 2.42 bits per heavy atom. The predicted octanol–water partition coefficient (Wildman–Crippen LogP) is 7.24. The van der Waals surface area contributed by atoms with E-state index in [1.165, 1.54) is 22.9 Å². The summed E-state index contributed by atoms with van der Waals surface area (Å²) < 4.78 is 8.13. The Labute approximate surface area is 225 Å². The fourth-order valence-electron chi connectivity index (χ4n) is 3.31. The number of aryl methyl sites for hydroxylation is 2. The number of ether oxygens (including phenoxy) is 1. The lowest BCUT2D eigenvalue weighted by molar-refractivity contribution is -0.115. The summed E-state index contributed by atoms with van der Waals surface area (Å²) in [6.07, 6.45) is 2.89. The van der Waals surface area contributed by atoms with Gasteiger partial charge >= 0.3 is 0 Å². The van der Waals surface area contributed by atoms with Gasteiger partial charge < -0.3 is 10.1 Å². The number of aliphatic imine (C=N–C) groups is 1. The van der Waals surface area contributed by atoms with E-state index < -0.39 is 0 Å². The summed E-state index contributed by atoms with van der Waals surface area (Å²) in [5.74, 6) is 0.731. The van der Waals surface area contributed by atoms with Gasteiger partial charge in [-0.25, -0.2) is 4.99 Å². The molecule has 1 fully saturated rings. The van der Waals surface area contributed by atoms with Gasteiger partial charge in [-0.3, -0.25) is 4.79 Å². The highest BCUT2D eigenvalue weighted by molar-refractivity contribution is 14.1. The predicted molar refractivity (Wildman–Crippen MR) is 154 cm³/mol. The zero-order valence-electron chi connectivity index (χ0n) is 18.2. The highest BCUT2D eigenvalue weighted by atomic mass is 127. The van der Waals surface area contributed by atoms with Crippen LogP contribution in [0.1, 0.15) is 29.2 Å². The molecule has 0 bridgehead atoms. The molecular formula is C26H22I2N2O2S. The van der Waals surface area contributed by atoms with Crippen molar-refractivity contribution in [2.45, 2.75) is 26.9 Å². The van der Waals surface area contributed by atoms with Crippen LogP contribution < -0.4 is 10.1 Å². The van der Waals surface area contributed by atoms with Crippen LogP contribution >= 0.6 is 56.9 Å². The molecule has 1 heterocycles. The second kappa shape index (κ2) is 11.1. The average molecular weight is 680 g/mol. The quantitative estimate of drug-likeness (QED) is 0.221. The number of hydrogen-bond acceptors (Lipinski definition) is 4. The van der Waals surface area contributed by atoms with E-state index in [2.05, 4.69) is 99.7 Å². The van der Waals surface area contributed by atoms with E-state index in [0.29, 0.717) is 16.7 Å². The Balaban J connectivity index is 1.49. The zero-order chi connectivity index (χ0) is 23.4. The van der Waals surface area contributed by atoms with Gasteiger partial charge in [-0.15, -0.1) is 0 Å². The molecule has 0 atom stereocenters. The molecule has 0 spiro atoms. The molecule has 1 N–H and O–H groups in total. The van der Waals surface area contributed by atoms with E-state index in [9.17, 15) is 4.79 Å². The third kappa shape index (κ3) is 6.39. The molecule has 0 aromatic heterocycles. The van der Waals surface area contributed by atoms with Crippen molar-refractivity contribution in [1.82, 2.24) is 5.32 Å². The second-order valence-electron chi connectivity index (χ2n) is 7.59. The minimum atomic E-state index is -0.131. The van der Waals surface area contributed by atoms with E-state index in [4.69, 9.17) is 4.74 Å². The maximum absolute atomic E-state index is 12.5. The largest absolute Gasteiger partial charge is 0.487 e. The van der Waals surface area contributed by atoms with E-state index in [-0.39, 0.29) is 5.91 Å². The van der Waals surface area contributed by atoms with Crippen molar-refractivity contribution >= 4 is 79.8 Å². The Hall–Kier alpha value is -1.85. The number of benzene rings is 3. The van der Waals surface area contributed by atoms with E-state index >= 15 is 0 Å². The third-order valence-corrected chi connectivity index (χ3v) is 7.52. The van der Waals surface area contributed by atoms with Gasteiger partial charge in [-0.2, -0.15) is 0 Å². The van der Waals surface area contributed by atoms with Crippen LogP contribution in [0.5, 0.6) is 5.75 Å². The van der Waals surface area contributed by atoms with Crippen LogP contribution in [0.2, 0.25) is 0 Å². The van der Waals surface area contributed by atoms with Crippen LogP contribution in [0.4, 0.5) is 5.69 Å². The summed E-state index contributed by atoms with van der Waals surface area (Å²) >= 11 is 5.93. The normalized spacial score (nSPS) is 15.8. The van der Waals surface area contributed by atoms with Crippen LogP contribution in [0, 0.1) is 14.1 Å². The number of carbonyl (C=O) groups is 1. The van der Waals surface area contributed by atoms with Gasteiger partial charge in [0, 0.05) is 0 Å². The van der Waals surface area contributed by atoms with Crippen LogP contribution in [0.15, 0.2) is 70.6 Å². The van der Waals surface area contributed by atoms with Gasteiger partial charge in [0.1, 0.15) is 12.4 Å². The SMILES string of the molecule is CCc1ccc(N=C2NC(=O)/C(=C/c3cc(I)c(OCc4cccc(C)c4)c(I)c3)S2)cc1. The molecule has 3 aromatic carbocycles. The van der Waals surface area contributed by atoms with Gasteiger partial charge in [0.25, 0.3) is 5.91 Å². The van der Waals surface area contributed by atoms with Crippen molar-refractivity contribution < 1.29 is 9.53 Å². The Bertz CT molecular complexity index is 1230. The van der Waals surface area contributed by atoms with E-state index in [1.54, 1.807) is 0 Å².